The van der Waals surface area contributed by atoms with Gasteiger partial charge in [0.25, 0.3) is 0 Å². The Balaban J connectivity index is 2.38. The fourth-order valence-electron chi connectivity index (χ4n) is 1.05. The molecule has 0 fully saturated rings. The molecule has 0 unspecified atom stereocenters. The topological polar surface area (TPSA) is 12.4 Å². The average molecular weight is 123 g/mol. The van der Waals surface area contributed by atoms with Crippen LogP contribution in [0, 0.1) is 0 Å². The molecule has 0 aromatic heterocycles. The molecule has 0 aromatic carbocycles. The summed E-state index contributed by atoms with van der Waals surface area (Å²) in [5.74, 6) is 0. The number of aliphatic imine (C=N–C) groups is 1. The summed E-state index contributed by atoms with van der Waals surface area (Å²) < 4.78 is 0. The number of hydrogen-bond acceptors (Lipinski definition) is 1. The van der Waals surface area contributed by atoms with Crippen LogP contribution in [0.1, 0.15) is 26.2 Å². The van der Waals surface area contributed by atoms with Crippen molar-refractivity contribution in [3.63, 3.8) is 0 Å². The summed E-state index contributed by atoms with van der Waals surface area (Å²) in [7, 11) is 0. The number of hydrogen-bond donors (Lipinski definition) is 0. The zero-order valence-corrected chi connectivity index (χ0v) is 5.93. The lowest BCUT2D eigenvalue weighted by Crippen LogP contribution is -1.93. The van der Waals surface area contributed by atoms with Crippen LogP contribution in [0.4, 0.5) is 0 Å². The standard InChI is InChI=1S/C8H13N/c1-2-3-8-4-6-9-7-5-8/h4,6H,2-3,5,7H2,1H3. The third-order valence-corrected chi connectivity index (χ3v) is 1.55. The minimum atomic E-state index is 1.01. The van der Waals surface area contributed by atoms with Crippen molar-refractivity contribution in [2.75, 3.05) is 6.54 Å². The molecular formula is C8H13N. The second-order valence-corrected chi connectivity index (χ2v) is 2.38. The van der Waals surface area contributed by atoms with Crippen LogP contribution in [0.2, 0.25) is 0 Å². The third-order valence-electron chi connectivity index (χ3n) is 1.55. The van der Waals surface area contributed by atoms with E-state index in [9.17, 15) is 0 Å². The van der Waals surface area contributed by atoms with Crippen LogP contribution in [-0.4, -0.2) is 12.8 Å². The molecule has 9 heavy (non-hydrogen) atoms. The molecule has 0 spiro atoms. The first-order valence-electron chi connectivity index (χ1n) is 3.61. The van der Waals surface area contributed by atoms with E-state index < -0.39 is 0 Å². The van der Waals surface area contributed by atoms with Crippen molar-refractivity contribution in [1.29, 1.82) is 0 Å². The van der Waals surface area contributed by atoms with Crippen LogP contribution in [-0.2, 0) is 0 Å². The molecule has 1 nitrogen and oxygen atoms in total. The first-order chi connectivity index (χ1) is 4.43. The highest BCUT2D eigenvalue weighted by Crippen LogP contribution is 2.10. The fourth-order valence-corrected chi connectivity index (χ4v) is 1.05. The fraction of sp³-hybridized carbons (Fsp3) is 0.625. The Morgan fingerprint density at radius 2 is 2.56 bits per heavy atom. The van der Waals surface area contributed by atoms with E-state index in [1.54, 1.807) is 5.57 Å². The number of nitrogens with zero attached hydrogens (tertiary/aromatic N) is 1. The third kappa shape index (κ3) is 2.00. The highest BCUT2D eigenvalue weighted by atomic mass is 14.7. The molecule has 0 radical (unpaired) electrons. The van der Waals surface area contributed by atoms with Crippen molar-refractivity contribution in [1.82, 2.24) is 0 Å². The highest BCUT2D eigenvalue weighted by Gasteiger charge is 1.96. The molecular weight excluding hydrogens is 110 g/mol. The van der Waals surface area contributed by atoms with Crippen molar-refractivity contribution >= 4 is 6.21 Å². The summed E-state index contributed by atoms with van der Waals surface area (Å²) in [6.07, 6.45) is 7.78. The Labute approximate surface area is 56.5 Å². The van der Waals surface area contributed by atoms with E-state index in [1.165, 1.54) is 19.3 Å². The maximum absolute atomic E-state index is 4.11. The van der Waals surface area contributed by atoms with Gasteiger partial charge in [0.05, 0.1) is 0 Å². The van der Waals surface area contributed by atoms with Gasteiger partial charge in [-0.25, -0.2) is 0 Å². The van der Waals surface area contributed by atoms with E-state index in [1.807, 2.05) is 6.21 Å². The molecule has 0 bridgehead atoms. The molecule has 1 heterocycles. The largest absolute Gasteiger partial charge is 0.293 e. The molecule has 0 saturated heterocycles. The molecule has 1 aliphatic heterocycles. The molecule has 0 amide bonds. The molecule has 0 atom stereocenters. The van der Waals surface area contributed by atoms with Crippen molar-refractivity contribution < 1.29 is 0 Å². The monoisotopic (exact) mass is 123 g/mol. The molecule has 1 rings (SSSR count). The molecule has 50 valence electrons. The van der Waals surface area contributed by atoms with Crippen LogP contribution in [0.25, 0.3) is 0 Å². The first-order valence-corrected chi connectivity index (χ1v) is 3.61. The SMILES string of the molecule is CCCC1=CC=NCC1. The predicted octanol–water partition coefficient (Wildman–Crippen LogP) is 2.19. The summed E-state index contributed by atoms with van der Waals surface area (Å²) >= 11 is 0. The number of allylic oxidation sites excluding steroid dienone is 1. The summed E-state index contributed by atoms with van der Waals surface area (Å²) in [4.78, 5) is 4.11. The number of dihydropyridines is 1. The minimum absolute atomic E-state index is 1.01. The molecule has 0 aromatic rings. The van der Waals surface area contributed by atoms with Gasteiger partial charge >= 0.3 is 0 Å². The van der Waals surface area contributed by atoms with Gasteiger partial charge in [-0.15, -0.1) is 0 Å². The van der Waals surface area contributed by atoms with Crippen molar-refractivity contribution in [2.45, 2.75) is 26.2 Å². The van der Waals surface area contributed by atoms with E-state index in [0.29, 0.717) is 0 Å². The van der Waals surface area contributed by atoms with Gasteiger partial charge in [0, 0.05) is 12.8 Å². The maximum Gasteiger partial charge on any atom is 0.0426 e. The Kier molecular flexibility index (Phi) is 2.49. The van der Waals surface area contributed by atoms with Gasteiger partial charge in [-0.1, -0.05) is 18.9 Å². The Morgan fingerprint density at radius 3 is 3.11 bits per heavy atom. The Hall–Kier alpha value is -0.590. The van der Waals surface area contributed by atoms with Gasteiger partial charge < -0.3 is 0 Å². The van der Waals surface area contributed by atoms with Gasteiger partial charge in [0.2, 0.25) is 0 Å². The van der Waals surface area contributed by atoms with Crippen molar-refractivity contribution in [3.05, 3.63) is 11.6 Å². The van der Waals surface area contributed by atoms with Crippen LogP contribution >= 0.6 is 0 Å². The van der Waals surface area contributed by atoms with Gasteiger partial charge in [-0.2, -0.15) is 0 Å². The van der Waals surface area contributed by atoms with E-state index in [4.69, 9.17) is 0 Å². The van der Waals surface area contributed by atoms with Gasteiger partial charge in [-0.05, 0) is 18.9 Å². The zero-order chi connectivity index (χ0) is 6.53. The Bertz CT molecular complexity index is 134. The van der Waals surface area contributed by atoms with Crippen LogP contribution in [0.15, 0.2) is 16.6 Å². The summed E-state index contributed by atoms with van der Waals surface area (Å²) in [5, 5.41) is 0. The summed E-state index contributed by atoms with van der Waals surface area (Å²) in [6, 6.07) is 0. The van der Waals surface area contributed by atoms with Crippen LogP contribution in [0.3, 0.4) is 0 Å². The molecule has 0 aliphatic carbocycles. The lowest BCUT2D eigenvalue weighted by molar-refractivity contribution is 0.820. The molecule has 1 heteroatoms. The summed E-state index contributed by atoms with van der Waals surface area (Å²) in [6.45, 7) is 3.22. The zero-order valence-electron chi connectivity index (χ0n) is 5.93. The quantitative estimate of drug-likeness (QED) is 0.533. The minimum Gasteiger partial charge on any atom is -0.293 e. The van der Waals surface area contributed by atoms with Crippen molar-refractivity contribution in [2.24, 2.45) is 4.99 Å². The van der Waals surface area contributed by atoms with E-state index >= 15 is 0 Å². The predicted molar refractivity (Wildman–Crippen MR) is 41.0 cm³/mol. The van der Waals surface area contributed by atoms with Gasteiger partial charge in [0.1, 0.15) is 0 Å². The van der Waals surface area contributed by atoms with Gasteiger partial charge in [-0.3, -0.25) is 4.99 Å². The average Bonchev–Trinajstić information content (AvgIpc) is 1.91. The maximum atomic E-state index is 4.11. The van der Waals surface area contributed by atoms with Crippen LogP contribution in [0.5, 0.6) is 0 Å². The lowest BCUT2D eigenvalue weighted by atomic mass is 10.1. The smallest absolute Gasteiger partial charge is 0.0426 e. The van der Waals surface area contributed by atoms with E-state index in [0.717, 1.165) is 6.54 Å². The highest BCUT2D eigenvalue weighted by molar-refractivity contribution is 5.73. The van der Waals surface area contributed by atoms with Crippen LogP contribution < -0.4 is 0 Å². The number of rotatable bonds is 2. The van der Waals surface area contributed by atoms with Crippen molar-refractivity contribution in [3.8, 4) is 0 Å². The summed E-state index contributed by atoms with van der Waals surface area (Å²) in [5.41, 5.74) is 1.56. The second-order valence-electron chi connectivity index (χ2n) is 2.38. The van der Waals surface area contributed by atoms with E-state index in [2.05, 4.69) is 18.0 Å². The molecule has 1 aliphatic rings. The Morgan fingerprint density at radius 1 is 1.67 bits per heavy atom. The first kappa shape index (κ1) is 6.53. The molecule has 0 N–H and O–H groups in total. The van der Waals surface area contributed by atoms with E-state index in [-0.39, 0.29) is 0 Å². The normalized spacial score (nSPS) is 17.7. The molecule has 0 saturated carbocycles. The van der Waals surface area contributed by atoms with Gasteiger partial charge in [0.15, 0.2) is 0 Å². The second kappa shape index (κ2) is 3.44. The lowest BCUT2D eigenvalue weighted by Gasteiger charge is -2.05.